The van der Waals surface area contributed by atoms with Gasteiger partial charge in [-0.25, -0.2) is 15.0 Å². The maximum absolute atomic E-state index is 4.47. The number of fused-ring (bicyclic) bond motifs is 1. The fourth-order valence-electron chi connectivity index (χ4n) is 2.98. The molecule has 0 spiro atoms. The van der Waals surface area contributed by atoms with Crippen LogP contribution in [0, 0.1) is 12.8 Å². The highest BCUT2D eigenvalue weighted by Gasteiger charge is 2.29. The summed E-state index contributed by atoms with van der Waals surface area (Å²) >= 11 is 0. The van der Waals surface area contributed by atoms with E-state index in [2.05, 4.69) is 36.7 Å². The minimum Gasteiger partial charge on any atom is -0.355 e. The largest absolute Gasteiger partial charge is 0.355 e. The van der Waals surface area contributed by atoms with Crippen LogP contribution in [0.1, 0.15) is 5.82 Å². The zero-order valence-electron chi connectivity index (χ0n) is 12.0. The van der Waals surface area contributed by atoms with Gasteiger partial charge in [-0.1, -0.05) is 12.1 Å². The van der Waals surface area contributed by atoms with Crippen LogP contribution in [0.2, 0.25) is 0 Å². The third kappa shape index (κ3) is 2.14. The van der Waals surface area contributed by atoms with Gasteiger partial charge in [-0.2, -0.15) is 0 Å². The number of rotatable bonds is 3. The fraction of sp³-hybridized carbons (Fsp3) is 0.312. The first-order valence-corrected chi connectivity index (χ1v) is 7.23. The van der Waals surface area contributed by atoms with Crippen LogP contribution in [0.3, 0.4) is 0 Å². The van der Waals surface area contributed by atoms with E-state index in [1.54, 1.807) is 6.33 Å². The Hall–Kier alpha value is -2.43. The normalized spacial score (nSPS) is 15.4. The van der Waals surface area contributed by atoms with E-state index < -0.39 is 0 Å². The lowest BCUT2D eigenvalue weighted by Crippen LogP contribution is -2.49. The zero-order valence-corrected chi connectivity index (χ0v) is 12.0. The van der Waals surface area contributed by atoms with Gasteiger partial charge in [0.1, 0.15) is 18.0 Å². The summed E-state index contributed by atoms with van der Waals surface area (Å²) in [7, 11) is 0. The number of aromatic nitrogens is 4. The molecule has 3 heterocycles. The van der Waals surface area contributed by atoms with Crippen LogP contribution in [0.5, 0.6) is 0 Å². The van der Waals surface area contributed by atoms with E-state index in [1.165, 1.54) is 0 Å². The molecule has 1 aliphatic heterocycles. The molecule has 1 saturated heterocycles. The minimum atomic E-state index is 0.659. The quantitative estimate of drug-likeness (QED) is 0.738. The first kappa shape index (κ1) is 12.3. The van der Waals surface area contributed by atoms with Gasteiger partial charge in [-0.15, -0.1) is 0 Å². The number of hydrogen-bond acceptors (Lipinski definition) is 4. The number of nitrogens with zero attached hydrogens (tertiary/aromatic N) is 5. The molecule has 1 aliphatic rings. The third-order valence-electron chi connectivity index (χ3n) is 4.16. The lowest BCUT2D eigenvalue weighted by atomic mass is 9.99. The van der Waals surface area contributed by atoms with E-state index in [0.29, 0.717) is 5.92 Å². The van der Waals surface area contributed by atoms with E-state index in [-0.39, 0.29) is 0 Å². The first-order valence-electron chi connectivity index (χ1n) is 7.23. The molecule has 1 aromatic carbocycles. The van der Waals surface area contributed by atoms with Gasteiger partial charge in [0, 0.05) is 43.3 Å². The molecule has 0 radical (unpaired) electrons. The van der Waals surface area contributed by atoms with Crippen molar-refractivity contribution in [1.82, 2.24) is 19.5 Å². The van der Waals surface area contributed by atoms with Gasteiger partial charge in [0.15, 0.2) is 0 Å². The SMILES string of the molecule is Cc1nccn1CC1CN(c2ncnc3ccccc23)C1. The van der Waals surface area contributed by atoms with Gasteiger partial charge in [0.05, 0.1) is 5.52 Å². The Kier molecular flexibility index (Phi) is 2.84. The standard InChI is InChI=1S/C16H17N5/c1-12-17-6-7-20(12)8-13-9-21(10-13)16-14-4-2-3-5-15(14)18-11-19-16/h2-7,11,13H,8-10H2,1H3. The molecule has 0 saturated carbocycles. The third-order valence-corrected chi connectivity index (χ3v) is 4.16. The molecule has 0 amide bonds. The molecule has 0 unspecified atom stereocenters. The van der Waals surface area contributed by atoms with Crippen molar-refractivity contribution in [3.8, 4) is 0 Å². The second-order valence-electron chi connectivity index (χ2n) is 5.61. The predicted octanol–water partition coefficient (Wildman–Crippen LogP) is 2.27. The molecule has 0 atom stereocenters. The van der Waals surface area contributed by atoms with Crippen molar-refractivity contribution in [1.29, 1.82) is 0 Å². The summed E-state index contributed by atoms with van der Waals surface area (Å²) < 4.78 is 2.22. The van der Waals surface area contributed by atoms with Crippen LogP contribution in [-0.2, 0) is 6.54 Å². The average molecular weight is 279 g/mol. The van der Waals surface area contributed by atoms with E-state index in [4.69, 9.17) is 0 Å². The molecule has 0 N–H and O–H groups in total. The average Bonchev–Trinajstić information content (AvgIpc) is 2.87. The number of hydrogen-bond donors (Lipinski definition) is 0. The Morgan fingerprint density at radius 1 is 1.14 bits per heavy atom. The Bertz CT molecular complexity index is 768. The molecule has 106 valence electrons. The van der Waals surface area contributed by atoms with Crippen molar-refractivity contribution >= 4 is 16.7 Å². The topological polar surface area (TPSA) is 46.8 Å². The highest BCUT2D eigenvalue weighted by molar-refractivity contribution is 5.89. The molecule has 2 aromatic heterocycles. The van der Waals surface area contributed by atoms with Crippen molar-refractivity contribution in [2.45, 2.75) is 13.5 Å². The lowest BCUT2D eigenvalue weighted by Gasteiger charge is -2.40. The van der Waals surface area contributed by atoms with E-state index in [0.717, 1.165) is 42.2 Å². The smallest absolute Gasteiger partial charge is 0.139 e. The van der Waals surface area contributed by atoms with Gasteiger partial charge in [0.25, 0.3) is 0 Å². The lowest BCUT2D eigenvalue weighted by molar-refractivity contribution is 0.353. The van der Waals surface area contributed by atoms with Crippen molar-refractivity contribution in [3.63, 3.8) is 0 Å². The summed E-state index contributed by atoms with van der Waals surface area (Å²) in [5.41, 5.74) is 1.01. The van der Waals surface area contributed by atoms with Gasteiger partial charge < -0.3 is 9.47 Å². The molecule has 21 heavy (non-hydrogen) atoms. The van der Waals surface area contributed by atoms with Crippen LogP contribution in [0.15, 0.2) is 43.0 Å². The number of anilines is 1. The molecule has 0 bridgehead atoms. The van der Waals surface area contributed by atoms with Gasteiger partial charge in [0.2, 0.25) is 0 Å². The van der Waals surface area contributed by atoms with Crippen LogP contribution >= 0.6 is 0 Å². The summed E-state index contributed by atoms with van der Waals surface area (Å²) in [6, 6.07) is 8.19. The van der Waals surface area contributed by atoms with Crippen molar-refractivity contribution in [2.24, 2.45) is 5.92 Å². The Morgan fingerprint density at radius 3 is 2.81 bits per heavy atom. The highest BCUT2D eigenvalue weighted by atomic mass is 15.3. The molecule has 1 fully saturated rings. The predicted molar refractivity (Wildman–Crippen MR) is 82.2 cm³/mol. The van der Waals surface area contributed by atoms with Gasteiger partial charge >= 0.3 is 0 Å². The summed E-state index contributed by atoms with van der Waals surface area (Å²) in [4.78, 5) is 15.4. The Labute approximate surface area is 123 Å². The number of aryl methyl sites for hydroxylation is 1. The van der Waals surface area contributed by atoms with E-state index in [1.807, 2.05) is 31.3 Å². The molecule has 4 rings (SSSR count). The molecule has 5 heteroatoms. The monoisotopic (exact) mass is 279 g/mol. The fourth-order valence-corrected chi connectivity index (χ4v) is 2.98. The minimum absolute atomic E-state index is 0.659. The molecule has 3 aromatic rings. The maximum Gasteiger partial charge on any atom is 0.139 e. The molecule has 0 aliphatic carbocycles. The van der Waals surface area contributed by atoms with Crippen molar-refractivity contribution < 1.29 is 0 Å². The van der Waals surface area contributed by atoms with Gasteiger partial charge in [-0.05, 0) is 19.1 Å². The van der Waals surface area contributed by atoms with Crippen LogP contribution in [0.25, 0.3) is 10.9 Å². The van der Waals surface area contributed by atoms with Crippen LogP contribution in [0.4, 0.5) is 5.82 Å². The first-order chi connectivity index (χ1) is 10.3. The molecular weight excluding hydrogens is 262 g/mol. The summed E-state index contributed by atoms with van der Waals surface area (Å²) in [5.74, 6) is 2.80. The van der Waals surface area contributed by atoms with E-state index in [9.17, 15) is 0 Å². The maximum atomic E-state index is 4.47. The van der Waals surface area contributed by atoms with Crippen LogP contribution in [-0.4, -0.2) is 32.6 Å². The van der Waals surface area contributed by atoms with Crippen molar-refractivity contribution in [3.05, 3.63) is 48.8 Å². The highest BCUT2D eigenvalue weighted by Crippen LogP contribution is 2.29. The summed E-state index contributed by atoms with van der Waals surface area (Å²) in [6.45, 7) is 5.16. The number of imidazole rings is 1. The zero-order chi connectivity index (χ0) is 14.2. The number of benzene rings is 1. The second kappa shape index (κ2) is 4.84. The number of para-hydroxylation sites is 1. The van der Waals surface area contributed by atoms with Gasteiger partial charge in [-0.3, -0.25) is 0 Å². The Morgan fingerprint density at radius 2 is 2.00 bits per heavy atom. The molecule has 5 nitrogen and oxygen atoms in total. The van der Waals surface area contributed by atoms with Crippen molar-refractivity contribution in [2.75, 3.05) is 18.0 Å². The van der Waals surface area contributed by atoms with Crippen LogP contribution < -0.4 is 4.90 Å². The Balaban J connectivity index is 1.51. The second-order valence-corrected chi connectivity index (χ2v) is 5.61. The summed E-state index contributed by atoms with van der Waals surface area (Å²) in [6.07, 6.45) is 5.58. The molecular formula is C16H17N5. The summed E-state index contributed by atoms with van der Waals surface area (Å²) in [5, 5.41) is 1.14. The van der Waals surface area contributed by atoms with E-state index >= 15 is 0 Å².